The standard InChI is InChI=1S/C11H14BrNO2/c1-3-15-11(14)13(2)8-9-6-4-5-7-10(9)12/h4-7H,3,8H2,1-2H3. The van der Waals surface area contributed by atoms with Crippen LogP contribution < -0.4 is 0 Å². The Morgan fingerprint density at radius 1 is 1.47 bits per heavy atom. The summed E-state index contributed by atoms with van der Waals surface area (Å²) in [4.78, 5) is 12.9. The number of nitrogens with zero attached hydrogens (tertiary/aromatic N) is 1. The summed E-state index contributed by atoms with van der Waals surface area (Å²) in [6.07, 6.45) is -0.298. The second-order valence-electron chi connectivity index (χ2n) is 3.15. The van der Waals surface area contributed by atoms with E-state index in [9.17, 15) is 4.79 Å². The summed E-state index contributed by atoms with van der Waals surface area (Å²) in [5, 5.41) is 0. The Kier molecular flexibility index (Phi) is 4.62. The molecule has 1 aromatic carbocycles. The van der Waals surface area contributed by atoms with E-state index in [0.29, 0.717) is 13.2 Å². The van der Waals surface area contributed by atoms with E-state index in [-0.39, 0.29) is 6.09 Å². The van der Waals surface area contributed by atoms with Crippen molar-refractivity contribution < 1.29 is 9.53 Å². The number of benzene rings is 1. The maximum absolute atomic E-state index is 11.3. The van der Waals surface area contributed by atoms with E-state index in [2.05, 4.69) is 15.9 Å². The Hall–Kier alpha value is -1.03. The van der Waals surface area contributed by atoms with Crippen molar-refractivity contribution in [1.82, 2.24) is 4.90 Å². The SMILES string of the molecule is CCOC(=O)N(C)Cc1ccccc1Br. The van der Waals surface area contributed by atoms with Crippen molar-refractivity contribution in [2.45, 2.75) is 13.5 Å². The van der Waals surface area contributed by atoms with Crippen molar-refractivity contribution in [1.29, 1.82) is 0 Å². The van der Waals surface area contributed by atoms with Gasteiger partial charge in [0.25, 0.3) is 0 Å². The molecule has 0 spiro atoms. The molecule has 0 fully saturated rings. The van der Waals surface area contributed by atoms with E-state index in [1.165, 1.54) is 0 Å². The van der Waals surface area contributed by atoms with Crippen LogP contribution in [0.1, 0.15) is 12.5 Å². The molecule has 0 unspecified atom stereocenters. The Bertz CT molecular complexity index is 341. The Morgan fingerprint density at radius 2 is 2.13 bits per heavy atom. The van der Waals surface area contributed by atoms with Crippen LogP contribution in [0.5, 0.6) is 0 Å². The first kappa shape index (κ1) is 12.0. The summed E-state index contributed by atoms with van der Waals surface area (Å²) < 4.78 is 5.89. The summed E-state index contributed by atoms with van der Waals surface area (Å²) in [5.74, 6) is 0. The predicted octanol–water partition coefficient (Wildman–Crippen LogP) is 3.04. The number of rotatable bonds is 3. The molecule has 1 amide bonds. The minimum atomic E-state index is -0.298. The highest BCUT2D eigenvalue weighted by Gasteiger charge is 2.10. The third-order valence-electron chi connectivity index (χ3n) is 1.94. The molecule has 3 nitrogen and oxygen atoms in total. The topological polar surface area (TPSA) is 29.5 Å². The molecule has 0 saturated carbocycles. The Balaban J connectivity index is 2.62. The number of carbonyl (C=O) groups excluding carboxylic acids is 1. The second-order valence-corrected chi connectivity index (χ2v) is 4.00. The molecule has 1 rings (SSSR count). The first-order valence-corrected chi connectivity index (χ1v) is 5.55. The van der Waals surface area contributed by atoms with Gasteiger partial charge in [0.15, 0.2) is 0 Å². The zero-order valence-electron chi connectivity index (χ0n) is 8.87. The van der Waals surface area contributed by atoms with Gasteiger partial charge in [0.05, 0.1) is 6.61 Å². The number of hydrogen-bond donors (Lipinski definition) is 0. The average molecular weight is 272 g/mol. The van der Waals surface area contributed by atoms with Crippen LogP contribution in [-0.2, 0) is 11.3 Å². The molecule has 4 heteroatoms. The fourth-order valence-electron chi connectivity index (χ4n) is 1.18. The van der Waals surface area contributed by atoms with Crippen LogP contribution in [0.2, 0.25) is 0 Å². The molecule has 0 radical (unpaired) electrons. The van der Waals surface area contributed by atoms with E-state index in [1.54, 1.807) is 18.9 Å². The highest BCUT2D eigenvalue weighted by Crippen LogP contribution is 2.17. The van der Waals surface area contributed by atoms with Crippen LogP contribution in [-0.4, -0.2) is 24.6 Å². The van der Waals surface area contributed by atoms with E-state index in [4.69, 9.17) is 4.74 Å². The third-order valence-corrected chi connectivity index (χ3v) is 2.72. The molecule has 15 heavy (non-hydrogen) atoms. The summed E-state index contributed by atoms with van der Waals surface area (Å²) >= 11 is 3.43. The lowest BCUT2D eigenvalue weighted by Crippen LogP contribution is -2.27. The highest BCUT2D eigenvalue weighted by atomic mass is 79.9. The largest absolute Gasteiger partial charge is 0.450 e. The van der Waals surface area contributed by atoms with E-state index in [0.717, 1.165) is 10.0 Å². The molecule has 0 aromatic heterocycles. The van der Waals surface area contributed by atoms with Gasteiger partial charge in [-0.15, -0.1) is 0 Å². The molecule has 0 heterocycles. The van der Waals surface area contributed by atoms with Gasteiger partial charge in [-0.25, -0.2) is 4.79 Å². The molecule has 0 aliphatic rings. The third kappa shape index (κ3) is 3.55. The van der Waals surface area contributed by atoms with Gasteiger partial charge in [-0.1, -0.05) is 34.1 Å². The van der Waals surface area contributed by atoms with Crippen molar-refractivity contribution in [2.24, 2.45) is 0 Å². The molecular weight excluding hydrogens is 258 g/mol. The quantitative estimate of drug-likeness (QED) is 0.846. The van der Waals surface area contributed by atoms with Crippen molar-refractivity contribution in [2.75, 3.05) is 13.7 Å². The van der Waals surface area contributed by atoms with Gasteiger partial charge in [0.1, 0.15) is 0 Å². The molecule has 0 atom stereocenters. The minimum absolute atomic E-state index is 0.298. The van der Waals surface area contributed by atoms with Crippen molar-refractivity contribution >= 4 is 22.0 Å². The molecular formula is C11H14BrNO2. The van der Waals surface area contributed by atoms with Crippen LogP contribution >= 0.6 is 15.9 Å². The van der Waals surface area contributed by atoms with Crippen LogP contribution in [0.3, 0.4) is 0 Å². The monoisotopic (exact) mass is 271 g/mol. The maximum Gasteiger partial charge on any atom is 0.409 e. The molecule has 0 saturated heterocycles. The van der Waals surface area contributed by atoms with Crippen LogP contribution in [0.4, 0.5) is 4.79 Å². The van der Waals surface area contributed by atoms with Gasteiger partial charge in [0, 0.05) is 18.1 Å². The van der Waals surface area contributed by atoms with Crippen LogP contribution in [0.15, 0.2) is 28.7 Å². The summed E-state index contributed by atoms with van der Waals surface area (Å²) in [6.45, 7) is 2.74. The minimum Gasteiger partial charge on any atom is -0.450 e. The molecule has 0 N–H and O–H groups in total. The van der Waals surface area contributed by atoms with Gasteiger partial charge in [0.2, 0.25) is 0 Å². The molecule has 0 bridgehead atoms. The molecule has 0 aliphatic carbocycles. The lowest BCUT2D eigenvalue weighted by Gasteiger charge is -2.17. The van der Waals surface area contributed by atoms with Gasteiger partial charge in [-0.3, -0.25) is 0 Å². The van der Waals surface area contributed by atoms with Crippen LogP contribution in [0, 0.1) is 0 Å². The summed E-state index contributed by atoms with van der Waals surface area (Å²) in [5.41, 5.74) is 1.06. The summed E-state index contributed by atoms with van der Waals surface area (Å²) in [7, 11) is 1.72. The number of carbonyl (C=O) groups is 1. The zero-order valence-corrected chi connectivity index (χ0v) is 10.5. The highest BCUT2D eigenvalue weighted by molar-refractivity contribution is 9.10. The number of hydrogen-bond acceptors (Lipinski definition) is 2. The van der Waals surface area contributed by atoms with Gasteiger partial charge in [-0.05, 0) is 18.6 Å². The first-order chi connectivity index (χ1) is 7.15. The number of halogens is 1. The zero-order chi connectivity index (χ0) is 11.3. The maximum atomic E-state index is 11.3. The lowest BCUT2D eigenvalue weighted by atomic mass is 10.2. The fraction of sp³-hybridized carbons (Fsp3) is 0.364. The second kappa shape index (κ2) is 5.75. The fourth-order valence-corrected chi connectivity index (χ4v) is 1.59. The van der Waals surface area contributed by atoms with Crippen molar-refractivity contribution in [3.8, 4) is 0 Å². The Morgan fingerprint density at radius 3 is 2.73 bits per heavy atom. The van der Waals surface area contributed by atoms with E-state index in [1.807, 2.05) is 24.3 Å². The predicted molar refractivity (Wildman–Crippen MR) is 62.6 cm³/mol. The van der Waals surface area contributed by atoms with Gasteiger partial charge >= 0.3 is 6.09 Å². The lowest BCUT2D eigenvalue weighted by molar-refractivity contribution is 0.114. The normalized spacial score (nSPS) is 9.80. The van der Waals surface area contributed by atoms with Crippen molar-refractivity contribution in [3.63, 3.8) is 0 Å². The number of ether oxygens (including phenoxy) is 1. The summed E-state index contributed by atoms with van der Waals surface area (Å²) in [6, 6.07) is 7.81. The smallest absolute Gasteiger partial charge is 0.409 e. The Labute approximate surface area is 98.2 Å². The molecule has 82 valence electrons. The van der Waals surface area contributed by atoms with E-state index < -0.39 is 0 Å². The van der Waals surface area contributed by atoms with E-state index >= 15 is 0 Å². The van der Waals surface area contributed by atoms with Crippen LogP contribution in [0.25, 0.3) is 0 Å². The number of amides is 1. The first-order valence-electron chi connectivity index (χ1n) is 4.76. The molecule has 1 aromatic rings. The molecule has 0 aliphatic heterocycles. The van der Waals surface area contributed by atoms with Crippen molar-refractivity contribution in [3.05, 3.63) is 34.3 Å². The van der Waals surface area contributed by atoms with Gasteiger partial charge in [-0.2, -0.15) is 0 Å². The van der Waals surface area contributed by atoms with Gasteiger partial charge < -0.3 is 9.64 Å². The average Bonchev–Trinajstić information content (AvgIpc) is 2.21.